The van der Waals surface area contributed by atoms with E-state index in [-0.39, 0.29) is 5.82 Å². The molecule has 0 bridgehead atoms. The van der Waals surface area contributed by atoms with Crippen molar-refractivity contribution in [2.45, 2.75) is 17.9 Å². The van der Waals surface area contributed by atoms with Crippen LogP contribution in [0.1, 0.15) is 12.2 Å². The Morgan fingerprint density at radius 3 is 2.72 bits per heavy atom. The number of nitrogens with zero attached hydrogens (tertiary/aromatic N) is 1. The maximum atomic E-state index is 12.8. The quantitative estimate of drug-likeness (QED) is 0.293. The molecule has 0 aliphatic rings. The molecule has 7 heteroatoms. The molecule has 2 rings (SSSR count). The van der Waals surface area contributed by atoms with E-state index in [1.54, 1.807) is 37.2 Å². The summed E-state index contributed by atoms with van der Waals surface area (Å²) in [5, 5.41) is 6.50. The average Bonchev–Trinajstić information content (AvgIpc) is 3.14. The molecule has 25 heavy (non-hydrogen) atoms. The molecule has 0 saturated heterocycles. The van der Waals surface area contributed by atoms with E-state index in [9.17, 15) is 4.39 Å². The van der Waals surface area contributed by atoms with Crippen LogP contribution in [0.15, 0.2) is 57.0 Å². The topological polar surface area (TPSA) is 58.8 Å². The number of hydrogen-bond acceptors (Lipinski definition) is 4. The number of rotatable bonds is 10. The number of thioether (sulfide) groups is 1. The van der Waals surface area contributed by atoms with Crippen LogP contribution < -0.4 is 10.6 Å². The van der Waals surface area contributed by atoms with Gasteiger partial charge >= 0.3 is 0 Å². The van der Waals surface area contributed by atoms with Crippen molar-refractivity contribution >= 4 is 17.7 Å². The maximum Gasteiger partial charge on any atom is 0.191 e. The summed E-state index contributed by atoms with van der Waals surface area (Å²) < 4.78 is 23.6. The van der Waals surface area contributed by atoms with E-state index in [2.05, 4.69) is 15.6 Å². The zero-order chi connectivity index (χ0) is 17.7. The van der Waals surface area contributed by atoms with Crippen molar-refractivity contribution in [2.24, 2.45) is 4.99 Å². The number of halogens is 1. The highest BCUT2D eigenvalue weighted by Gasteiger charge is 1.99. The summed E-state index contributed by atoms with van der Waals surface area (Å²) in [6, 6.07) is 10.3. The van der Waals surface area contributed by atoms with E-state index in [1.807, 2.05) is 12.1 Å². The largest absolute Gasteiger partial charge is 0.467 e. The van der Waals surface area contributed by atoms with Gasteiger partial charge in [0.2, 0.25) is 0 Å². The predicted molar refractivity (Wildman–Crippen MR) is 99.5 cm³/mol. The van der Waals surface area contributed by atoms with Crippen molar-refractivity contribution in [2.75, 3.05) is 32.5 Å². The summed E-state index contributed by atoms with van der Waals surface area (Å²) in [6.07, 6.45) is 2.52. The van der Waals surface area contributed by atoms with Gasteiger partial charge in [0.1, 0.15) is 18.2 Å². The molecule has 0 radical (unpaired) electrons. The number of benzene rings is 1. The van der Waals surface area contributed by atoms with Crippen LogP contribution in [0, 0.1) is 5.82 Å². The minimum absolute atomic E-state index is 0.208. The van der Waals surface area contributed by atoms with Gasteiger partial charge in [-0.25, -0.2) is 4.39 Å². The number of guanidine groups is 1. The van der Waals surface area contributed by atoms with Crippen LogP contribution in [0.25, 0.3) is 0 Å². The molecule has 136 valence electrons. The van der Waals surface area contributed by atoms with Crippen molar-refractivity contribution in [3.8, 4) is 0 Å². The second-order valence-electron chi connectivity index (χ2n) is 5.21. The zero-order valence-electron chi connectivity index (χ0n) is 14.3. The number of hydrogen-bond donors (Lipinski definition) is 2. The van der Waals surface area contributed by atoms with Crippen molar-refractivity contribution in [1.82, 2.24) is 10.6 Å². The highest BCUT2D eigenvalue weighted by Crippen LogP contribution is 2.17. The van der Waals surface area contributed by atoms with Crippen LogP contribution >= 0.6 is 11.8 Å². The first-order chi connectivity index (χ1) is 12.3. The van der Waals surface area contributed by atoms with Crippen LogP contribution in [0.4, 0.5) is 4.39 Å². The van der Waals surface area contributed by atoms with Gasteiger partial charge in [0.05, 0.1) is 6.26 Å². The highest BCUT2D eigenvalue weighted by molar-refractivity contribution is 7.99. The summed E-state index contributed by atoms with van der Waals surface area (Å²) in [5.41, 5.74) is 0. The van der Waals surface area contributed by atoms with Crippen molar-refractivity contribution in [3.05, 3.63) is 54.2 Å². The Hall–Kier alpha value is -1.99. The molecule has 1 heterocycles. The molecular formula is C18H24FN3O2S. The molecule has 0 amide bonds. The lowest BCUT2D eigenvalue weighted by Gasteiger charge is -2.11. The van der Waals surface area contributed by atoms with E-state index in [1.165, 1.54) is 12.1 Å². The van der Waals surface area contributed by atoms with Gasteiger partial charge in [0, 0.05) is 37.4 Å². The van der Waals surface area contributed by atoms with Crippen molar-refractivity contribution < 1.29 is 13.5 Å². The molecule has 2 N–H and O–H groups in total. The first-order valence-corrected chi connectivity index (χ1v) is 9.19. The highest BCUT2D eigenvalue weighted by atomic mass is 32.2. The number of nitrogens with one attached hydrogen (secondary N) is 2. The SMILES string of the molecule is CN=C(NCCCOCc1ccco1)NCCSc1ccc(F)cc1. The van der Waals surface area contributed by atoms with Gasteiger partial charge in [-0.1, -0.05) is 0 Å². The molecule has 0 atom stereocenters. The lowest BCUT2D eigenvalue weighted by atomic mass is 10.4. The minimum atomic E-state index is -0.208. The summed E-state index contributed by atoms with van der Waals surface area (Å²) in [5.74, 6) is 2.27. The Morgan fingerprint density at radius 1 is 1.20 bits per heavy atom. The summed E-state index contributed by atoms with van der Waals surface area (Å²) in [7, 11) is 1.75. The third-order valence-corrected chi connectivity index (χ3v) is 4.30. The third kappa shape index (κ3) is 8.09. The summed E-state index contributed by atoms with van der Waals surface area (Å²) in [4.78, 5) is 5.24. The molecule has 1 aromatic heterocycles. The zero-order valence-corrected chi connectivity index (χ0v) is 15.2. The second kappa shape index (κ2) is 11.5. The van der Waals surface area contributed by atoms with Gasteiger partial charge in [0.15, 0.2) is 5.96 Å². The fourth-order valence-corrected chi connectivity index (χ4v) is 2.81. The van der Waals surface area contributed by atoms with Crippen LogP contribution in [-0.2, 0) is 11.3 Å². The molecular weight excluding hydrogens is 341 g/mol. The minimum Gasteiger partial charge on any atom is -0.467 e. The molecule has 5 nitrogen and oxygen atoms in total. The first kappa shape index (κ1) is 19.3. The van der Waals surface area contributed by atoms with Gasteiger partial charge in [-0.3, -0.25) is 4.99 Å². The standard InChI is InChI=1S/C18H24FN3O2S/c1-20-18(21-9-3-11-23-14-16-4-2-12-24-16)22-10-13-25-17-7-5-15(19)6-8-17/h2,4-8,12H,3,9-11,13-14H2,1H3,(H2,20,21,22). The van der Waals surface area contributed by atoms with Crippen LogP contribution in [-0.4, -0.2) is 38.5 Å². The van der Waals surface area contributed by atoms with Gasteiger partial charge < -0.3 is 19.8 Å². The maximum absolute atomic E-state index is 12.8. The van der Waals surface area contributed by atoms with Crippen LogP contribution in [0.3, 0.4) is 0 Å². The summed E-state index contributed by atoms with van der Waals surface area (Å²) in [6.45, 7) is 2.71. The average molecular weight is 365 g/mol. The monoisotopic (exact) mass is 365 g/mol. The van der Waals surface area contributed by atoms with E-state index in [0.717, 1.165) is 41.9 Å². The van der Waals surface area contributed by atoms with E-state index < -0.39 is 0 Å². The number of furan rings is 1. The van der Waals surface area contributed by atoms with Crippen LogP contribution in [0.5, 0.6) is 0 Å². The van der Waals surface area contributed by atoms with Crippen molar-refractivity contribution in [1.29, 1.82) is 0 Å². The summed E-state index contributed by atoms with van der Waals surface area (Å²) >= 11 is 1.67. The molecule has 0 unspecified atom stereocenters. The fraction of sp³-hybridized carbons (Fsp3) is 0.389. The van der Waals surface area contributed by atoms with E-state index in [0.29, 0.717) is 13.2 Å². The van der Waals surface area contributed by atoms with Gasteiger partial charge in [0.25, 0.3) is 0 Å². The Kier molecular flexibility index (Phi) is 8.93. The Morgan fingerprint density at radius 2 is 2.00 bits per heavy atom. The number of aliphatic imine (C=N–C) groups is 1. The molecule has 1 aromatic carbocycles. The molecule has 0 saturated carbocycles. The molecule has 0 spiro atoms. The van der Waals surface area contributed by atoms with E-state index >= 15 is 0 Å². The Bertz CT molecular complexity index is 618. The Labute approximate surface area is 152 Å². The molecule has 2 aromatic rings. The second-order valence-corrected chi connectivity index (χ2v) is 6.38. The fourth-order valence-electron chi connectivity index (χ4n) is 2.04. The van der Waals surface area contributed by atoms with Gasteiger partial charge in [-0.2, -0.15) is 0 Å². The smallest absolute Gasteiger partial charge is 0.191 e. The van der Waals surface area contributed by atoms with Gasteiger partial charge in [-0.05, 0) is 42.8 Å². The molecule has 0 aliphatic heterocycles. The Balaban J connectivity index is 1.49. The number of ether oxygens (including phenoxy) is 1. The van der Waals surface area contributed by atoms with E-state index in [4.69, 9.17) is 9.15 Å². The lowest BCUT2D eigenvalue weighted by Crippen LogP contribution is -2.39. The third-order valence-electron chi connectivity index (χ3n) is 3.28. The molecule has 0 aliphatic carbocycles. The predicted octanol–water partition coefficient (Wildman–Crippen LogP) is 3.28. The van der Waals surface area contributed by atoms with Gasteiger partial charge in [-0.15, -0.1) is 11.8 Å². The van der Waals surface area contributed by atoms with Crippen molar-refractivity contribution in [3.63, 3.8) is 0 Å². The first-order valence-electron chi connectivity index (χ1n) is 8.21. The molecule has 0 fully saturated rings. The normalized spacial score (nSPS) is 11.5. The lowest BCUT2D eigenvalue weighted by molar-refractivity contribution is 0.105. The van der Waals surface area contributed by atoms with Crippen LogP contribution in [0.2, 0.25) is 0 Å².